The quantitative estimate of drug-likeness (QED) is 0.868. The molecule has 0 radical (unpaired) electrons. The fourth-order valence-corrected chi connectivity index (χ4v) is 4.08. The Bertz CT molecular complexity index is 778. The van der Waals surface area contributed by atoms with E-state index < -0.39 is 15.8 Å². The topological polar surface area (TPSA) is 63.2 Å². The molecular formula is C15H16FN3O2S. The minimum Gasteiger partial charge on any atom is -0.241 e. The Balaban J connectivity index is 1.81. The third-order valence-electron chi connectivity index (χ3n) is 3.78. The van der Waals surface area contributed by atoms with Crippen molar-refractivity contribution in [2.45, 2.75) is 24.2 Å². The maximum Gasteiger partial charge on any atom is 0.243 e. The molecule has 0 spiro atoms. The van der Waals surface area contributed by atoms with Crippen molar-refractivity contribution < 1.29 is 12.8 Å². The second-order valence-electron chi connectivity index (χ2n) is 5.36. The molecule has 22 heavy (non-hydrogen) atoms. The number of rotatable bonds is 3. The zero-order chi connectivity index (χ0) is 15.7. The van der Waals surface area contributed by atoms with Gasteiger partial charge in [-0.05, 0) is 43.7 Å². The molecule has 0 aliphatic carbocycles. The minimum absolute atomic E-state index is 0.00452. The van der Waals surface area contributed by atoms with Crippen molar-refractivity contribution in [3.8, 4) is 0 Å². The molecule has 0 N–H and O–H groups in total. The van der Waals surface area contributed by atoms with Crippen LogP contribution in [0, 0.1) is 12.7 Å². The van der Waals surface area contributed by atoms with Gasteiger partial charge in [-0.1, -0.05) is 0 Å². The van der Waals surface area contributed by atoms with Crippen molar-refractivity contribution in [2.75, 3.05) is 13.1 Å². The first-order valence-corrected chi connectivity index (χ1v) is 8.46. The number of aromatic nitrogens is 2. The number of hydrogen-bond donors (Lipinski definition) is 0. The van der Waals surface area contributed by atoms with Gasteiger partial charge in [0.15, 0.2) is 0 Å². The van der Waals surface area contributed by atoms with Crippen LogP contribution in [-0.2, 0) is 10.0 Å². The molecule has 0 saturated carbocycles. The van der Waals surface area contributed by atoms with Crippen molar-refractivity contribution >= 4 is 10.0 Å². The van der Waals surface area contributed by atoms with Gasteiger partial charge in [0.25, 0.3) is 0 Å². The summed E-state index contributed by atoms with van der Waals surface area (Å²) >= 11 is 0. The van der Waals surface area contributed by atoms with Gasteiger partial charge < -0.3 is 0 Å². The van der Waals surface area contributed by atoms with Gasteiger partial charge in [-0.2, -0.15) is 4.31 Å². The normalized spacial score (nSPS) is 19.5. The summed E-state index contributed by atoms with van der Waals surface area (Å²) in [5, 5.41) is 0. The highest BCUT2D eigenvalue weighted by atomic mass is 32.2. The molecule has 0 bridgehead atoms. The Kier molecular flexibility index (Phi) is 3.92. The van der Waals surface area contributed by atoms with Crippen LogP contribution in [0.2, 0.25) is 0 Å². The summed E-state index contributed by atoms with van der Waals surface area (Å²) in [4.78, 5) is 8.72. The van der Waals surface area contributed by atoms with E-state index in [4.69, 9.17) is 0 Å². The molecular weight excluding hydrogens is 305 g/mol. The van der Waals surface area contributed by atoms with Gasteiger partial charge in [0.1, 0.15) is 11.6 Å². The van der Waals surface area contributed by atoms with E-state index >= 15 is 0 Å². The van der Waals surface area contributed by atoms with Crippen molar-refractivity contribution in [2.24, 2.45) is 0 Å². The summed E-state index contributed by atoms with van der Waals surface area (Å²) in [5.41, 5.74) is 0.866. The number of aryl methyl sites for hydroxylation is 1. The smallest absolute Gasteiger partial charge is 0.241 e. The van der Waals surface area contributed by atoms with Crippen LogP contribution in [0.5, 0.6) is 0 Å². The van der Waals surface area contributed by atoms with Gasteiger partial charge in [-0.25, -0.2) is 22.8 Å². The summed E-state index contributed by atoms with van der Waals surface area (Å²) in [6.45, 7) is 2.65. The summed E-state index contributed by atoms with van der Waals surface area (Å²) in [5.74, 6) is 0.221. The number of benzene rings is 1. The fourth-order valence-electron chi connectivity index (χ4n) is 2.58. The fraction of sp³-hybridized carbons (Fsp3) is 0.333. The maximum absolute atomic E-state index is 12.9. The summed E-state index contributed by atoms with van der Waals surface area (Å²) < 4.78 is 39.5. The Morgan fingerprint density at radius 1 is 1.23 bits per heavy atom. The van der Waals surface area contributed by atoms with Crippen LogP contribution in [0.15, 0.2) is 41.4 Å². The summed E-state index contributed by atoms with van der Waals surface area (Å²) in [7, 11) is -3.60. The molecule has 3 rings (SSSR count). The van der Waals surface area contributed by atoms with E-state index in [1.807, 2.05) is 13.0 Å². The Hall–Kier alpha value is -1.86. The highest BCUT2D eigenvalue weighted by molar-refractivity contribution is 7.89. The van der Waals surface area contributed by atoms with Crippen LogP contribution in [0.1, 0.15) is 23.9 Å². The molecule has 1 aromatic carbocycles. The lowest BCUT2D eigenvalue weighted by atomic mass is 10.1. The van der Waals surface area contributed by atoms with E-state index in [0.717, 1.165) is 17.8 Å². The predicted octanol–water partition coefficient (Wildman–Crippen LogP) is 2.10. The SMILES string of the molecule is Cc1ccnc([C@@H]2CCN(S(=O)(=O)c3ccc(F)cc3)C2)n1. The van der Waals surface area contributed by atoms with Crippen molar-refractivity contribution in [3.63, 3.8) is 0 Å². The average Bonchev–Trinajstić information content (AvgIpc) is 2.98. The number of hydrogen-bond acceptors (Lipinski definition) is 4. The van der Waals surface area contributed by atoms with E-state index in [9.17, 15) is 12.8 Å². The van der Waals surface area contributed by atoms with E-state index in [2.05, 4.69) is 9.97 Å². The predicted molar refractivity (Wildman–Crippen MR) is 79.3 cm³/mol. The number of halogens is 1. The maximum atomic E-state index is 12.9. The highest BCUT2D eigenvalue weighted by Gasteiger charge is 2.34. The van der Waals surface area contributed by atoms with Gasteiger partial charge in [-0.3, -0.25) is 0 Å². The van der Waals surface area contributed by atoms with E-state index in [-0.39, 0.29) is 10.8 Å². The number of sulfonamides is 1. The van der Waals surface area contributed by atoms with Crippen LogP contribution < -0.4 is 0 Å². The second kappa shape index (κ2) is 5.73. The lowest BCUT2D eigenvalue weighted by molar-refractivity contribution is 0.471. The van der Waals surface area contributed by atoms with Crippen LogP contribution in [0.4, 0.5) is 4.39 Å². The van der Waals surface area contributed by atoms with Gasteiger partial charge in [0, 0.05) is 30.9 Å². The molecule has 5 nitrogen and oxygen atoms in total. The molecule has 2 heterocycles. The molecule has 1 aliphatic heterocycles. The molecule has 1 atom stereocenters. The lowest BCUT2D eigenvalue weighted by Gasteiger charge is -2.16. The minimum atomic E-state index is -3.60. The summed E-state index contributed by atoms with van der Waals surface area (Å²) in [6.07, 6.45) is 2.37. The van der Waals surface area contributed by atoms with Gasteiger partial charge >= 0.3 is 0 Å². The molecule has 1 aromatic heterocycles. The third kappa shape index (κ3) is 2.86. The van der Waals surface area contributed by atoms with E-state index in [1.165, 1.54) is 16.4 Å². The molecule has 116 valence electrons. The van der Waals surface area contributed by atoms with Crippen molar-refractivity contribution in [3.05, 3.63) is 53.9 Å². The number of nitrogens with zero attached hydrogens (tertiary/aromatic N) is 3. The van der Waals surface area contributed by atoms with E-state index in [0.29, 0.717) is 25.3 Å². The van der Waals surface area contributed by atoms with Gasteiger partial charge in [0.05, 0.1) is 4.90 Å². The van der Waals surface area contributed by atoms with Crippen molar-refractivity contribution in [1.29, 1.82) is 0 Å². The third-order valence-corrected chi connectivity index (χ3v) is 5.66. The average molecular weight is 321 g/mol. The standard InChI is InChI=1S/C15H16FN3O2S/c1-11-6-8-17-15(18-11)12-7-9-19(10-12)22(20,21)14-4-2-13(16)3-5-14/h2-6,8,12H,7,9-10H2,1H3/t12-/m1/s1. The zero-order valence-electron chi connectivity index (χ0n) is 12.1. The second-order valence-corrected chi connectivity index (χ2v) is 7.30. The molecule has 1 aliphatic rings. The highest BCUT2D eigenvalue weighted by Crippen LogP contribution is 2.29. The molecule has 1 saturated heterocycles. The van der Waals surface area contributed by atoms with E-state index in [1.54, 1.807) is 6.20 Å². The lowest BCUT2D eigenvalue weighted by Crippen LogP contribution is -2.28. The van der Waals surface area contributed by atoms with Crippen LogP contribution in [-0.4, -0.2) is 35.8 Å². The monoisotopic (exact) mass is 321 g/mol. The largest absolute Gasteiger partial charge is 0.243 e. The van der Waals surface area contributed by atoms with Crippen LogP contribution >= 0.6 is 0 Å². The zero-order valence-corrected chi connectivity index (χ0v) is 12.9. The molecule has 1 fully saturated rings. The van der Waals surface area contributed by atoms with Crippen LogP contribution in [0.3, 0.4) is 0 Å². The summed E-state index contributed by atoms with van der Waals surface area (Å²) in [6, 6.07) is 6.71. The van der Waals surface area contributed by atoms with Crippen LogP contribution in [0.25, 0.3) is 0 Å². The Morgan fingerprint density at radius 2 is 1.95 bits per heavy atom. The molecule has 0 unspecified atom stereocenters. The molecule has 2 aromatic rings. The Labute approximate surface area is 128 Å². The molecule has 0 amide bonds. The van der Waals surface area contributed by atoms with Gasteiger partial charge in [-0.15, -0.1) is 0 Å². The first-order valence-electron chi connectivity index (χ1n) is 7.02. The van der Waals surface area contributed by atoms with Crippen molar-refractivity contribution in [1.82, 2.24) is 14.3 Å². The molecule has 7 heteroatoms. The Morgan fingerprint density at radius 3 is 2.64 bits per heavy atom. The first-order chi connectivity index (χ1) is 10.5. The van der Waals surface area contributed by atoms with Gasteiger partial charge in [0.2, 0.25) is 10.0 Å². The first kappa shape index (κ1) is 15.1.